The molecule has 0 fully saturated rings. The van der Waals surface area contributed by atoms with Gasteiger partial charge in [-0.3, -0.25) is 4.79 Å². The summed E-state index contributed by atoms with van der Waals surface area (Å²) in [4.78, 5) is 12.7. The maximum Gasteiger partial charge on any atom is 0.255 e. The Morgan fingerprint density at radius 1 is 1.14 bits per heavy atom. The Labute approximate surface area is 170 Å². The molecule has 1 amide bonds. The lowest BCUT2D eigenvalue weighted by molar-refractivity contribution is 0.102. The van der Waals surface area contributed by atoms with Crippen LogP contribution in [0.25, 0.3) is 0 Å². The molecule has 0 aromatic heterocycles. The van der Waals surface area contributed by atoms with E-state index in [1.807, 2.05) is 0 Å². The fourth-order valence-corrected chi connectivity index (χ4v) is 3.77. The number of nitrogens with one attached hydrogen (secondary N) is 1. The second-order valence-electron chi connectivity index (χ2n) is 6.64. The highest BCUT2D eigenvalue weighted by atomic mass is 32.2. The predicted octanol–water partition coefficient (Wildman–Crippen LogP) is 2.97. The minimum atomic E-state index is -3.72. The molecule has 0 atom stereocenters. The van der Waals surface area contributed by atoms with E-state index in [0.717, 1.165) is 10.4 Å². The van der Waals surface area contributed by atoms with Crippen LogP contribution in [-0.2, 0) is 14.8 Å². The van der Waals surface area contributed by atoms with Gasteiger partial charge in [-0.15, -0.1) is 0 Å². The maximum absolute atomic E-state index is 14.2. The number of anilines is 1. The molecular formula is C20H25FN2O5S. The number of aryl methyl sites for hydroxylation is 1. The molecule has 0 bridgehead atoms. The predicted molar refractivity (Wildman–Crippen MR) is 109 cm³/mol. The molecular weight excluding hydrogens is 399 g/mol. The Bertz CT molecular complexity index is 1010. The van der Waals surface area contributed by atoms with Gasteiger partial charge in [0.05, 0.1) is 11.5 Å². The molecule has 0 saturated carbocycles. The molecule has 0 radical (unpaired) electrons. The third-order valence-electron chi connectivity index (χ3n) is 4.38. The topological polar surface area (TPSA) is 84.9 Å². The molecule has 0 unspecified atom stereocenters. The van der Waals surface area contributed by atoms with E-state index in [1.165, 1.54) is 39.4 Å². The van der Waals surface area contributed by atoms with Crippen molar-refractivity contribution in [2.75, 3.05) is 39.7 Å². The first-order valence-corrected chi connectivity index (χ1v) is 10.3. The van der Waals surface area contributed by atoms with Gasteiger partial charge in [0.2, 0.25) is 10.0 Å². The van der Waals surface area contributed by atoms with Crippen molar-refractivity contribution in [3.8, 4) is 5.75 Å². The minimum absolute atomic E-state index is 0.0468. The highest BCUT2D eigenvalue weighted by molar-refractivity contribution is 7.89. The van der Waals surface area contributed by atoms with E-state index in [2.05, 4.69) is 5.32 Å². The van der Waals surface area contributed by atoms with Crippen LogP contribution < -0.4 is 10.1 Å². The number of carbonyl (C=O) groups is 1. The van der Waals surface area contributed by atoms with Gasteiger partial charge in [-0.1, -0.05) is 0 Å². The standard InChI is InChI=1S/C20H25FN2O5S/c1-13-10-15(11-19(14(13)2)29(25,26)23(3)4)20(24)22-16-6-7-18(17(21)12-16)28-9-8-27-5/h6-7,10-12H,8-9H2,1-5H3,(H,22,24). The molecule has 0 aliphatic heterocycles. The van der Waals surface area contributed by atoms with Gasteiger partial charge in [-0.2, -0.15) is 0 Å². The first-order valence-electron chi connectivity index (χ1n) is 8.84. The molecule has 0 aliphatic rings. The summed E-state index contributed by atoms with van der Waals surface area (Å²) < 4.78 is 50.4. The van der Waals surface area contributed by atoms with Crippen molar-refractivity contribution >= 4 is 21.6 Å². The van der Waals surface area contributed by atoms with Crippen LogP contribution in [0, 0.1) is 19.7 Å². The fourth-order valence-electron chi connectivity index (χ4n) is 2.56. The molecule has 0 aliphatic carbocycles. The van der Waals surface area contributed by atoms with Crippen molar-refractivity contribution in [2.45, 2.75) is 18.7 Å². The lowest BCUT2D eigenvalue weighted by Crippen LogP contribution is -2.24. The average Bonchev–Trinajstić information content (AvgIpc) is 2.65. The minimum Gasteiger partial charge on any atom is -0.488 e. The van der Waals surface area contributed by atoms with Crippen LogP contribution in [0.4, 0.5) is 10.1 Å². The second kappa shape index (κ2) is 9.34. The summed E-state index contributed by atoms with van der Waals surface area (Å²) in [5.41, 5.74) is 1.61. The maximum atomic E-state index is 14.2. The molecule has 0 spiro atoms. The quantitative estimate of drug-likeness (QED) is 0.659. The van der Waals surface area contributed by atoms with Crippen LogP contribution in [0.1, 0.15) is 21.5 Å². The highest BCUT2D eigenvalue weighted by Gasteiger charge is 2.23. The Morgan fingerprint density at radius 2 is 1.83 bits per heavy atom. The fraction of sp³-hybridized carbons (Fsp3) is 0.350. The molecule has 1 N–H and O–H groups in total. The number of hydrogen-bond acceptors (Lipinski definition) is 5. The van der Waals surface area contributed by atoms with E-state index in [9.17, 15) is 17.6 Å². The van der Waals surface area contributed by atoms with Gasteiger partial charge in [-0.05, 0) is 49.2 Å². The van der Waals surface area contributed by atoms with Crippen LogP contribution in [0.3, 0.4) is 0 Å². The van der Waals surface area contributed by atoms with E-state index < -0.39 is 21.7 Å². The summed E-state index contributed by atoms with van der Waals surface area (Å²) in [6, 6.07) is 6.96. The monoisotopic (exact) mass is 424 g/mol. The summed E-state index contributed by atoms with van der Waals surface area (Å²) in [6.45, 7) is 3.94. The Hall–Kier alpha value is -2.49. The average molecular weight is 424 g/mol. The highest BCUT2D eigenvalue weighted by Crippen LogP contribution is 2.25. The van der Waals surface area contributed by atoms with Gasteiger partial charge >= 0.3 is 0 Å². The van der Waals surface area contributed by atoms with E-state index in [-0.39, 0.29) is 28.5 Å². The number of methoxy groups -OCH3 is 1. The Kier molecular flexibility index (Phi) is 7.34. The molecule has 2 rings (SSSR count). The third kappa shape index (κ3) is 5.31. The molecule has 0 saturated heterocycles. The van der Waals surface area contributed by atoms with Gasteiger partial charge in [0.1, 0.15) is 6.61 Å². The molecule has 2 aromatic carbocycles. The van der Waals surface area contributed by atoms with E-state index in [0.29, 0.717) is 17.7 Å². The number of carbonyl (C=O) groups excluding carboxylic acids is 1. The zero-order valence-corrected chi connectivity index (χ0v) is 17.9. The molecule has 9 heteroatoms. The van der Waals surface area contributed by atoms with Crippen LogP contribution in [-0.4, -0.2) is 53.0 Å². The number of benzene rings is 2. The Morgan fingerprint density at radius 3 is 2.41 bits per heavy atom. The van der Waals surface area contributed by atoms with Crippen LogP contribution in [0.15, 0.2) is 35.2 Å². The van der Waals surface area contributed by atoms with Crippen molar-refractivity contribution < 1.29 is 27.1 Å². The number of ether oxygens (including phenoxy) is 2. The SMILES string of the molecule is COCCOc1ccc(NC(=O)c2cc(C)c(C)c(S(=O)(=O)N(C)C)c2)cc1F. The summed E-state index contributed by atoms with van der Waals surface area (Å²) >= 11 is 0. The largest absolute Gasteiger partial charge is 0.488 e. The number of hydrogen-bond donors (Lipinski definition) is 1. The van der Waals surface area contributed by atoms with Crippen LogP contribution >= 0.6 is 0 Å². The Balaban J connectivity index is 2.27. The number of sulfonamides is 1. The zero-order chi connectivity index (χ0) is 21.8. The van der Waals surface area contributed by atoms with Crippen molar-refractivity contribution in [1.82, 2.24) is 4.31 Å². The first kappa shape index (κ1) is 22.8. The number of nitrogens with zero attached hydrogens (tertiary/aromatic N) is 1. The number of amides is 1. The molecule has 0 heterocycles. The summed E-state index contributed by atoms with van der Waals surface area (Å²) in [5, 5.41) is 2.58. The smallest absolute Gasteiger partial charge is 0.255 e. The van der Waals surface area contributed by atoms with Gasteiger partial charge < -0.3 is 14.8 Å². The van der Waals surface area contributed by atoms with Crippen molar-refractivity contribution in [3.05, 3.63) is 52.8 Å². The van der Waals surface area contributed by atoms with Crippen molar-refractivity contribution in [3.63, 3.8) is 0 Å². The van der Waals surface area contributed by atoms with Gasteiger partial charge in [0.25, 0.3) is 5.91 Å². The van der Waals surface area contributed by atoms with Gasteiger partial charge in [0, 0.05) is 38.5 Å². The lowest BCUT2D eigenvalue weighted by Gasteiger charge is -2.16. The summed E-state index contributed by atoms with van der Waals surface area (Å²) in [7, 11) is 0.651. The molecule has 29 heavy (non-hydrogen) atoms. The van der Waals surface area contributed by atoms with Gasteiger partial charge in [-0.25, -0.2) is 17.1 Å². The molecule has 2 aromatic rings. The van der Waals surface area contributed by atoms with Crippen LogP contribution in [0.2, 0.25) is 0 Å². The van der Waals surface area contributed by atoms with Crippen LogP contribution in [0.5, 0.6) is 5.75 Å². The van der Waals surface area contributed by atoms with Crippen molar-refractivity contribution in [2.24, 2.45) is 0 Å². The van der Waals surface area contributed by atoms with Crippen molar-refractivity contribution in [1.29, 1.82) is 0 Å². The third-order valence-corrected chi connectivity index (χ3v) is 6.32. The normalized spacial score (nSPS) is 11.6. The summed E-state index contributed by atoms with van der Waals surface area (Å²) in [5.74, 6) is -1.13. The second-order valence-corrected chi connectivity index (χ2v) is 8.76. The lowest BCUT2D eigenvalue weighted by atomic mass is 10.1. The number of halogens is 1. The van der Waals surface area contributed by atoms with E-state index in [4.69, 9.17) is 9.47 Å². The summed E-state index contributed by atoms with van der Waals surface area (Å²) in [6.07, 6.45) is 0. The van der Waals surface area contributed by atoms with E-state index >= 15 is 0 Å². The molecule has 158 valence electrons. The zero-order valence-electron chi connectivity index (χ0n) is 17.1. The molecule has 7 nitrogen and oxygen atoms in total. The number of rotatable bonds is 8. The first-order chi connectivity index (χ1) is 13.6. The van der Waals surface area contributed by atoms with E-state index in [1.54, 1.807) is 19.9 Å². The van der Waals surface area contributed by atoms with Gasteiger partial charge in [0.15, 0.2) is 11.6 Å².